The summed E-state index contributed by atoms with van der Waals surface area (Å²) in [6.45, 7) is 3.89. The van der Waals surface area contributed by atoms with Gasteiger partial charge in [0.2, 0.25) is 5.95 Å². The van der Waals surface area contributed by atoms with E-state index in [0.717, 1.165) is 16.8 Å². The van der Waals surface area contributed by atoms with E-state index in [1.807, 2.05) is 32.0 Å². The normalized spacial score (nSPS) is 18.5. The number of sulfone groups is 1. The van der Waals surface area contributed by atoms with Crippen LogP contribution in [-0.2, 0) is 9.84 Å². The van der Waals surface area contributed by atoms with E-state index < -0.39 is 9.84 Å². The Morgan fingerprint density at radius 3 is 2.73 bits per heavy atom. The van der Waals surface area contributed by atoms with Crippen molar-refractivity contribution in [1.29, 1.82) is 0 Å². The Morgan fingerprint density at radius 2 is 2.04 bits per heavy atom. The van der Waals surface area contributed by atoms with Crippen molar-refractivity contribution in [1.82, 2.24) is 9.97 Å². The largest absolute Gasteiger partial charge is 0.340 e. The number of carbonyl (C=O) groups is 1. The Morgan fingerprint density at radius 1 is 1.27 bits per heavy atom. The highest BCUT2D eigenvalue weighted by Gasteiger charge is 2.31. The minimum absolute atomic E-state index is 0.0891. The minimum Gasteiger partial charge on any atom is -0.340 e. The number of nitrogens with zero attached hydrogens (tertiary/aromatic N) is 3. The lowest BCUT2D eigenvalue weighted by Crippen LogP contribution is -2.34. The van der Waals surface area contributed by atoms with Crippen molar-refractivity contribution < 1.29 is 13.2 Å². The zero-order chi connectivity index (χ0) is 18.9. The average Bonchev–Trinajstić information content (AvgIpc) is 2.97. The number of aromatic nitrogens is 2. The summed E-state index contributed by atoms with van der Waals surface area (Å²) in [5.74, 6) is 0.288. The lowest BCUT2D eigenvalue weighted by Gasteiger charge is -2.23. The number of benzene rings is 1. The molecule has 2 aromatic rings. The van der Waals surface area contributed by atoms with Crippen molar-refractivity contribution in [2.24, 2.45) is 0 Å². The maximum absolute atomic E-state index is 12.6. The van der Waals surface area contributed by atoms with Crippen molar-refractivity contribution >= 4 is 27.4 Å². The van der Waals surface area contributed by atoms with Gasteiger partial charge in [-0.25, -0.2) is 18.4 Å². The van der Waals surface area contributed by atoms with Gasteiger partial charge in [-0.2, -0.15) is 0 Å². The zero-order valence-electron chi connectivity index (χ0n) is 15.1. The molecule has 1 aromatic carbocycles. The molecule has 2 heterocycles. The van der Waals surface area contributed by atoms with Crippen molar-refractivity contribution in [3.63, 3.8) is 0 Å². The Hall–Kier alpha value is -2.48. The fraction of sp³-hybridized carbons (Fsp3) is 0.389. The maximum atomic E-state index is 12.6. The molecule has 0 bridgehead atoms. The molecular formula is C18H22N4O3S. The number of rotatable bonds is 4. The molecule has 1 fully saturated rings. The van der Waals surface area contributed by atoms with Gasteiger partial charge in [-0.3, -0.25) is 4.79 Å². The molecule has 1 aromatic heterocycles. The summed E-state index contributed by atoms with van der Waals surface area (Å²) in [6, 6.07) is 7.22. The van der Waals surface area contributed by atoms with Gasteiger partial charge in [0.1, 0.15) is 5.69 Å². The van der Waals surface area contributed by atoms with Crippen molar-refractivity contribution in [3.8, 4) is 0 Å². The van der Waals surface area contributed by atoms with Crippen LogP contribution >= 0.6 is 0 Å². The molecule has 1 N–H and O–H groups in total. The van der Waals surface area contributed by atoms with Crippen LogP contribution in [0.15, 0.2) is 30.5 Å². The maximum Gasteiger partial charge on any atom is 0.274 e. The van der Waals surface area contributed by atoms with Crippen LogP contribution in [-0.4, -0.2) is 48.9 Å². The standard InChI is InChI=1S/C18H22N4O3S/c1-12-4-5-13(2)16(10-12)20-17(23)15-6-8-19-18(21-15)22(3)14-7-9-26(24,25)11-14/h4-6,8,10,14H,7,9,11H2,1-3H3,(H,20,23). The quantitative estimate of drug-likeness (QED) is 0.880. The average molecular weight is 374 g/mol. The monoisotopic (exact) mass is 374 g/mol. The fourth-order valence-corrected chi connectivity index (χ4v) is 4.72. The molecule has 0 spiro atoms. The Labute approximate surface area is 153 Å². The highest BCUT2D eigenvalue weighted by atomic mass is 32.2. The second-order valence-corrected chi connectivity index (χ2v) is 8.91. The van der Waals surface area contributed by atoms with E-state index in [-0.39, 0.29) is 29.1 Å². The van der Waals surface area contributed by atoms with E-state index >= 15 is 0 Å². The number of hydrogen-bond acceptors (Lipinski definition) is 6. The molecule has 1 amide bonds. The molecule has 1 aliphatic rings. The zero-order valence-corrected chi connectivity index (χ0v) is 15.9. The number of hydrogen-bond donors (Lipinski definition) is 1. The third-order valence-electron chi connectivity index (χ3n) is 4.59. The summed E-state index contributed by atoms with van der Waals surface area (Å²) >= 11 is 0. The van der Waals surface area contributed by atoms with Crippen LogP contribution in [0.2, 0.25) is 0 Å². The van der Waals surface area contributed by atoms with Gasteiger partial charge in [0.05, 0.1) is 11.5 Å². The minimum atomic E-state index is -3.00. The summed E-state index contributed by atoms with van der Waals surface area (Å²) in [5, 5.41) is 2.87. The van der Waals surface area contributed by atoms with E-state index in [1.54, 1.807) is 18.0 Å². The van der Waals surface area contributed by atoms with Gasteiger partial charge in [-0.1, -0.05) is 12.1 Å². The third-order valence-corrected chi connectivity index (χ3v) is 6.34. The summed E-state index contributed by atoms with van der Waals surface area (Å²) in [6.07, 6.45) is 2.06. The summed E-state index contributed by atoms with van der Waals surface area (Å²) in [4.78, 5) is 22.8. The van der Waals surface area contributed by atoms with Crippen LogP contribution in [0.4, 0.5) is 11.6 Å². The lowest BCUT2D eigenvalue weighted by molar-refractivity contribution is 0.102. The molecule has 1 saturated heterocycles. The molecule has 1 aliphatic heterocycles. The molecule has 138 valence electrons. The molecule has 0 aliphatic carbocycles. The number of amides is 1. The van der Waals surface area contributed by atoms with Crippen LogP contribution in [0.1, 0.15) is 28.0 Å². The Kier molecular flexibility index (Phi) is 4.95. The van der Waals surface area contributed by atoms with Crippen LogP contribution in [0.5, 0.6) is 0 Å². The Bertz CT molecular complexity index is 943. The summed E-state index contributed by atoms with van der Waals surface area (Å²) in [5.41, 5.74) is 3.00. The molecule has 8 heteroatoms. The van der Waals surface area contributed by atoms with Gasteiger partial charge >= 0.3 is 0 Å². The molecule has 0 radical (unpaired) electrons. The first kappa shape index (κ1) is 18.3. The van der Waals surface area contributed by atoms with Crippen molar-refractivity contribution in [2.75, 3.05) is 28.8 Å². The highest BCUT2D eigenvalue weighted by molar-refractivity contribution is 7.91. The van der Waals surface area contributed by atoms with E-state index in [9.17, 15) is 13.2 Å². The topological polar surface area (TPSA) is 92.3 Å². The van der Waals surface area contributed by atoms with Gasteiger partial charge in [0, 0.05) is 25.0 Å². The number of carbonyl (C=O) groups excluding carboxylic acids is 1. The van der Waals surface area contributed by atoms with Crippen LogP contribution in [0, 0.1) is 13.8 Å². The first-order valence-electron chi connectivity index (χ1n) is 8.40. The number of nitrogens with one attached hydrogen (secondary N) is 1. The second kappa shape index (κ2) is 7.03. The first-order chi connectivity index (χ1) is 12.2. The number of anilines is 2. The van der Waals surface area contributed by atoms with E-state index in [1.165, 1.54) is 6.20 Å². The molecule has 0 saturated carbocycles. The molecule has 26 heavy (non-hydrogen) atoms. The lowest BCUT2D eigenvalue weighted by atomic mass is 10.1. The van der Waals surface area contributed by atoms with Crippen LogP contribution in [0.3, 0.4) is 0 Å². The second-order valence-electron chi connectivity index (χ2n) is 6.68. The Balaban J connectivity index is 1.78. The first-order valence-corrected chi connectivity index (χ1v) is 10.2. The van der Waals surface area contributed by atoms with Gasteiger partial charge in [0.15, 0.2) is 9.84 Å². The number of aryl methyl sites for hydroxylation is 2. The predicted octanol–water partition coefficient (Wildman–Crippen LogP) is 1.97. The molecular weight excluding hydrogens is 352 g/mol. The molecule has 1 atom stereocenters. The predicted molar refractivity (Wildman–Crippen MR) is 101 cm³/mol. The van der Waals surface area contributed by atoms with Gasteiger partial charge in [-0.15, -0.1) is 0 Å². The van der Waals surface area contributed by atoms with Gasteiger partial charge < -0.3 is 10.2 Å². The smallest absolute Gasteiger partial charge is 0.274 e. The van der Waals surface area contributed by atoms with Crippen molar-refractivity contribution in [2.45, 2.75) is 26.3 Å². The fourth-order valence-electron chi connectivity index (χ4n) is 2.95. The van der Waals surface area contributed by atoms with Gasteiger partial charge in [0.25, 0.3) is 5.91 Å². The van der Waals surface area contributed by atoms with Gasteiger partial charge in [-0.05, 0) is 43.5 Å². The van der Waals surface area contributed by atoms with Crippen molar-refractivity contribution in [3.05, 3.63) is 47.3 Å². The van der Waals surface area contributed by atoms with Crippen LogP contribution in [0.25, 0.3) is 0 Å². The van der Waals surface area contributed by atoms with Crippen LogP contribution < -0.4 is 10.2 Å². The third kappa shape index (κ3) is 4.01. The molecule has 7 nitrogen and oxygen atoms in total. The van der Waals surface area contributed by atoms with E-state index in [4.69, 9.17) is 0 Å². The van der Waals surface area contributed by atoms with E-state index in [2.05, 4.69) is 15.3 Å². The summed E-state index contributed by atoms with van der Waals surface area (Å²) in [7, 11) is -1.24. The molecule has 3 rings (SSSR count). The highest BCUT2D eigenvalue weighted by Crippen LogP contribution is 2.21. The SMILES string of the molecule is Cc1ccc(C)c(NC(=O)c2ccnc(N(C)C3CCS(=O)(=O)C3)n2)c1. The van der Waals surface area contributed by atoms with E-state index in [0.29, 0.717) is 12.4 Å². The summed E-state index contributed by atoms with van der Waals surface area (Å²) < 4.78 is 23.4. The molecule has 1 unspecified atom stereocenters.